The third-order valence-electron chi connectivity index (χ3n) is 4.05. The van der Waals surface area contributed by atoms with Crippen LogP contribution in [0.4, 0.5) is 16.2 Å². The van der Waals surface area contributed by atoms with Crippen molar-refractivity contribution in [1.82, 2.24) is 5.32 Å². The summed E-state index contributed by atoms with van der Waals surface area (Å²) in [5.41, 5.74) is 6.60. The topological polar surface area (TPSA) is 96.2 Å². The number of amides is 3. The zero-order valence-electron chi connectivity index (χ0n) is 14.8. The van der Waals surface area contributed by atoms with E-state index in [1.165, 1.54) is 0 Å². The molecule has 1 rings (SSSR count). The monoisotopic (exact) mass is 356 g/mol. The molecule has 1 aromatic carbocycles. The van der Waals surface area contributed by atoms with Crippen LogP contribution in [0.5, 0.6) is 0 Å². The Hall–Kier alpha value is -1.79. The van der Waals surface area contributed by atoms with E-state index in [-0.39, 0.29) is 30.4 Å². The van der Waals surface area contributed by atoms with Gasteiger partial charge in [-0.05, 0) is 51.0 Å². The van der Waals surface area contributed by atoms with E-state index in [2.05, 4.69) is 16.0 Å². The fraction of sp³-hybridized carbons (Fsp3) is 0.529. The third kappa shape index (κ3) is 6.02. The van der Waals surface area contributed by atoms with Gasteiger partial charge in [0.15, 0.2) is 0 Å². The van der Waals surface area contributed by atoms with Gasteiger partial charge in [-0.25, -0.2) is 4.79 Å². The molecule has 3 amide bonds. The number of urea groups is 1. The highest BCUT2D eigenvalue weighted by molar-refractivity contribution is 5.96. The molecule has 0 saturated heterocycles. The molecule has 0 heterocycles. The molecular formula is C17H29ClN4O2. The lowest BCUT2D eigenvalue weighted by Gasteiger charge is -2.28. The van der Waals surface area contributed by atoms with Gasteiger partial charge in [-0.15, -0.1) is 12.4 Å². The number of hydrogen-bond acceptors (Lipinski definition) is 3. The molecule has 0 unspecified atom stereocenters. The van der Waals surface area contributed by atoms with Crippen LogP contribution in [0.2, 0.25) is 0 Å². The molecule has 0 aliphatic heterocycles. The zero-order valence-corrected chi connectivity index (χ0v) is 15.6. The van der Waals surface area contributed by atoms with Gasteiger partial charge in [0, 0.05) is 24.0 Å². The van der Waals surface area contributed by atoms with E-state index in [4.69, 9.17) is 5.73 Å². The summed E-state index contributed by atoms with van der Waals surface area (Å²) in [7, 11) is 0. The molecular weight excluding hydrogens is 328 g/mol. The molecule has 6 nitrogen and oxygen atoms in total. The zero-order chi connectivity index (χ0) is 17.5. The standard InChI is InChI=1S/C17H28N4O2.ClH/c1-5-17(6-2,11-18)15(22)20-13-7-9-14(10-8-13)21-16(23)19-12(3)4;/h7-10,12H,5-6,11,18H2,1-4H3,(H,20,22)(H2,19,21,23);1H. The average molecular weight is 357 g/mol. The van der Waals surface area contributed by atoms with Gasteiger partial charge >= 0.3 is 6.03 Å². The van der Waals surface area contributed by atoms with Crippen molar-refractivity contribution in [2.75, 3.05) is 17.2 Å². The van der Waals surface area contributed by atoms with E-state index >= 15 is 0 Å². The van der Waals surface area contributed by atoms with E-state index in [1.54, 1.807) is 24.3 Å². The van der Waals surface area contributed by atoms with Gasteiger partial charge in [0.05, 0.1) is 5.41 Å². The maximum atomic E-state index is 12.4. The van der Waals surface area contributed by atoms with Crippen LogP contribution in [-0.4, -0.2) is 24.5 Å². The van der Waals surface area contributed by atoms with Gasteiger partial charge in [0.25, 0.3) is 0 Å². The number of rotatable bonds is 7. The molecule has 5 N–H and O–H groups in total. The first kappa shape index (κ1) is 22.2. The number of anilines is 2. The lowest BCUT2D eigenvalue weighted by Crippen LogP contribution is -2.41. The normalized spacial score (nSPS) is 10.8. The highest BCUT2D eigenvalue weighted by Gasteiger charge is 2.33. The summed E-state index contributed by atoms with van der Waals surface area (Å²) >= 11 is 0. The number of benzene rings is 1. The molecule has 136 valence electrons. The van der Waals surface area contributed by atoms with Crippen molar-refractivity contribution in [3.8, 4) is 0 Å². The summed E-state index contributed by atoms with van der Waals surface area (Å²) < 4.78 is 0. The van der Waals surface area contributed by atoms with E-state index in [0.29, 0.717) is 30.8 Å². The van der Waals surface area contributed by atoms with Gasteiger partial charge in [-0.2, -0.15) is 0 Å². The molecule has 0 aliphatic rings. The lowest BCUT2D eigenvalue weighted by atomic mass is 9.81. The second-order valence-electron chi connectivity index (χ2n) is 5.98. The molecule has 0 bridgehead atoms. The molecule has 0 saturated carbocycles. The van der Waals surface area contributed by atoms with Crippen LogP contribution in [-0.2, 0) is 4.79 Å². The number of nitrogens with two attached hydrogens (primary N) is 1. The minimum atomic E-state index is -0.534. The molecule has 0 atom stereocenters. The van der Waals surface area contributed by atoms with Crippen LogP contribution in [0.15, 0.2) is 24.3 Å². The molecule has 0 spiro atoms. The van der Waals surface area contributed by atoms with E-state index in [0.717, 1.165) is 0 Å². The quantitative estimate of drug-likeness (QED) is 0.603. The van der Waals surface area contributed by atoms with Crippen molar-refractivity contribution >= 4 is 35.7 Å². The number of carbonyl (C=O) groups excluding carboxylic acids is 2. The highest BCUT2D eigenvalue weighted by Crippen LogP contribution is 2.27. The first-order chi connectivity index (χ1) is 10.9. The number of hydrogen-bond donors (Lipinski definition) is 4. The molecule has 0 fully saturated rings. The Bertz CT molecular complexity index is 520. The largest absolute Gasteiger partial charge is 0.336 e. The van der Waals surface area contributed by atoms with Crippen LogP contribution >= 0.6 is 12.4 Å². The summed E-state index contributed by atoms with van der Waals surface area (Å²) in [5, 5.41) is 8.38. The maximum absolute atomic E-state index is 12.4. The summed E-state index contributed by atoms with van der Waals surface area (Å²) in [6, 6.07) is 6.83. The Morgan fingerprint density at radius 2 is 1.50 bits per heavy atom. The highest BCUT2D eigenvalue weighted by atomic mass is 35.5. The third-order valence-corrected chi connectivity index (χ3v) is 4.05. The molecule has 1 aromatic rings. The van der Waals surface area contributed by atoms with Gasteiger partial charge in [0.2, 0.25) is 5.91 Å². The predicted molar refractivity (Wildman–Crippen MR) is 102 cm³/mol. The van der Waals surface area contributed by atoms with Crippen molar-refractivity contribution in [2.24, 2.45) is 11.1 Å². The number of nitrogens with one attached hydrogen (secondary N) is 3. The van der Waals surface area contributed by atoms with Crippen LogP contribution in [0.25, 0.3) is 0 Å². The molecule has 0 aliphatic carbocycles. The fourth-order valence-corrected chi connectivity index (χ4v) is 2.28. The van der Waals surface area contributed by atoms with E-state index < -0.39 is 5.41 Å². The van der Waals surface area contributed by atoms with Crippen LogP contribution in [0, 0.1) is 5.41 Å². The van der Waals surface area contributed by atoms with E-state index in [9.17, 15) is 9.59 Å². The van der Waals surface area contributed by atoms with E-state index in [1.807, 2.05) is 27.7 Å². The minimum absolute atomic E-state index is 0. The van der Waals surface area contributed by atoms with Gasteiger partial charge in [-0.3, -0.25) is 4.79 Å². The summed E-state index contributed by atoms with van der Waals surface area (Å²) in [6.07, 6.45) is 1.39. The SMILES string of the molecule is CCC(CC)(CN)C(=O)Nc1ccc(NC(=O)NC(C)C)cc1.Cl. The summed E-state index contributed by atoms with van der Waals surface area (Å²) in [5.74, 6) is -0.0664. The summed E-state index contributed by atoms with van der Waals surface area (Å²) in [4.78, 5) is 24.1. The second kappa shape index (κ2) is 10.2. The van der Waals surface area contributed by atoms with Gasteiger partial charge in [-0.1, -0.05) is 13.8 Å². The van der Waals surface area contributed by atoms with Crippen molar-refractivity contribution < 1.29 is 9.59 Å². The number of halogens is 1. The molecule has 24 heavy (non-hydrogen) atoms. The predicted octanol–water partition coefficient (Wildman–Crippen LogP) is 3.34. The Morgan fingerprint density at radius 1 is 1.04 bits per heavy atom. The molecule has 0 radical (unpaired) electrons. The van der Waals surface area contributed by atoms with Gasteiger partial charge < -0.3 is 21.7 Å². The van der Waals surface area contributed by atoms with Crippen molar-refractivity contribution in [2.45, 2.75) is 46.6 Å². The van der Waals surface area contributed by atoms with Gasteiger partial charge in [0.1, 0.15) is 0 Å². The average Bonchev–Trinajstić information content (AvgIpc) is 2.51. The maximum Gasteiger partial charge on any atom is 0.319 e. The van der Waals surface area contributed by atoms with Crippen LogP contribution in [0.3, 0.4) is 0 Å². The Labute approximate surface area is 150 Å². The Balaban J connectivity index is 0.00000529. The summed E-state index contributed by atoms with van der Waals surface area (Å²) in [6.45, 7) is 8.04. The second-order valence-corrected chi connectivity index (χ2v) is 5.98. The van der Waals surface area contributed by atoms with Crippen molar-refractivity contribution in [3.05, 3.63) is 24.3 Å². The van der Waals surface area contributed by atoms with Crippen molar-refractivity contribution in [3.63, 3.8) is 0 Å². The Morgan fingerprint density at radius 3 is 1.88 bits per heavy atom. The smallest absolute Gasteiger partial charge is 0.319 e. The first-order valence-corrected chi connectivity index (χ1v) is 8.06. The molecule has 7 heteroatoms. The van der Waals surface area contributed by atoms with Crippen LogP contribution < -0.4 is 21.7 Å². The first-order valence-electron chi connectivity index (χ1n) is 8.06. The fourth-order valence-electron chi connectivity index (χ4n) is 2.28. The van der Waals surface area contributed by atoms with Crippen molar-refractivity contribution in [1.29, 1.82) is 0 Å². The number of carbonyl (C=O) groups is 2. The Kier molecular flexibility index (Phi) is 9.40. The lowest BCUT2D eigenvalue weighted by molar-refractivity contribution is -0.125. The minimum Gasteiger partial charge on any atom is -0.336 e. The van der Waals surface area contributed by atoms with Crippen LogP contribution in [0.1, 0.15) is 40.5 Å². The molecule has 0 aromatic heterocycles.